The van der Waals surface area contributed by atoms with E-state index in [4.69, 9.17) is 15.0 Å². The first-order valence-electron chi connectivity index (χ1n) is 18.1. The SMILES string of the molecule is c1ccc(-c2ccc3c(c2)c2ccc4c5cc(-c6ccc7ccccc7c6)ccc5sc4c2n3-c2nc(-c3ccccc3)nc(-c3ccccc3)n2)cc1. The van der Waals surface area contributed by atoms with E-state index < -0.39 is 0 Å². The van der Waals surface area contributed by atoms with Crippen LogP contribution in [0.15, 0.2) is 182 Å². The summed E-state index contributed by atoms with van der Waals surface area (Å²) in [5.41, 5.74) is 8.81. The van der Waals surface area contributed by atoms with Gasteiger partial charge in [0.1, 0.15) is 0 Å². The monoisotopic (exact) mass is 706 g/mol. The molecule has 8 aromatic carbocycles. The fraction of sp³-hybridized carbons (Fsp3) is 0. The molecule has 3 aromatic heterocycles. The van der Waals surface area contributed by atoms with Crippen molar-refractivity contribution in [3.63, 3.8) is 0 Å². The average Bonchev–Trinajstić information content (AvgIpc) is 3.79. The standard InChI is InChI=1S/C49H30N4S/c1-4-12-31(13-5-1)37-22-26-43-41(29-37)39-24-25-40-42-30-38(36-21-20-32-14-10-11-19-35(32)28-36)23-27-44(42)54-46(40)45(39)53(43)49-51-47(33-15-6-2-7-16-33)50-48(52-49)34-17-8-3-9-18-34/h1-30H. The summed E-state index contributed by atoms with van der Waals surface area (Å²) in [4.78, 5) is 15.5. The second-order valence-electron chi connectivity index (χ2n) is 13.7. The van der Waals surface area contributed by atoms with Crippen molar-refractivity contribution in [3.05, 3.63) is 182 Å². The summed E-state index contributed by atoms with van der Waals surface area (Å²) in [5.74, 6) is 1.87. The first kappa shape index (κ1) is 30.7. The molecule has 252 valence electrons. The van der Waals surface area contributed by atoms with Crippen LogP contribution in [0.4, 0.5) is 0 Å². The van der Waals surface area contributed by atoms with Gasteiger partial charge in [-0.3, -0.25) is 4.57 Å². The minimum atomic E-state index is 0.594. The topological polar surface area (TPSA) is 43.6 Å². The van der Waals surface area contributed by atoms with Gasteiger partial charge < -0.3 is 0 Å². The maximum atomic E-state index is 5.24. The third-order valence-corrected chi connectivity index (χ3v) is 11.6. The van der Waals surface area contributed by atoms with Gasteiger partial charge in [0.25, 0.3) is 0 Å². The Morgan fingerprint density at radius 1 is 0.370 bits per heavy atom. The van der Waals surface area contributed by atoms with E-state index in [1.807, 2.05) is 47.7 Å². The molecule has 5 heteroatoms. The predicted molar refractivity (Wildman–Crippen MR) is 226 cm³/mol. The number of hydrogen-bond acceptors (Lipinski definition) is 4. The van der Waals surface area contributed by atoms with E-state index in [1.165, 1.54) is 58.6 Å². The molecule has 0 aliphatic rings. The molecule has 0 aliphatic carbocycles. The summed E-state index contributed by atoms with van der Waals surface area (Å²) < 4.78 is 4.72. The number of fused-ring (bicyclic) bond motifs is 8. The Kier molecular flexibility index (Phi) is 7.00. The molecule has 0 N–H and O–H groups in total. The zero-order chi connectivity index (χ0) is 35.6. The number of hydrogen-bond donors (Lipinski definition) is 0. The van der Waals surface area contributed by atoms with Crippen LogP contribution in [-0.2, 0) is 0 Å². The summed E-state index contributed by atoms with van der Waals surface area (Å²) in [6.07, 6.45) is 0. The van der Waals surface area contributed by atoms with E-state index in [2.05, 4.69) is 150 Å². The number of rotatable bonds is 5. The van der Waals surface area contributed by atoms with Gasteiger partial charge in [-0.15, -0.1) is 11.3 Å². The average molecular weight is 707 g/mol. The highest BCUT2D eigenvalue weighted by Crippen LogP contribution is 2.44. The van der Waals surface area contributed by atoms with Gasteiger partial charge in [-0.1, -0.05) is 152 Å². The van der Waals surface area contributed by atoms with Crippen LogP contribution in [0.1, 0.15) is 0 Å². The lowest BCUT2D eigenvalue weighted by atomic mass is 9.99. The summed E-state index contributed by atoms with van der Waals surface area (Å²) >= 11 is 1.83. The molecule has 3 heterocycles. The summed E-state index contributed by atoms with van der Waals surface area (Å²) in [6, 6.07) is 64.5. The van der Waals surface area contributed by atoms with Crippen molar-refractivity contribution in [3.8, 4) is 51.0 Å². The van der Waals surface area contributed by atoms with Gasteiger partial charge in [-0.05, 0) is 63.4 Å². The largest absolute Gasteiger partial charge is 0.276 e. The van der Waals surface area contributed by atoms with Crippen molar-refractivity contribution < 1.29 is 0 Å². The lowest BCUT2D eigenvalue weighted by Crippen LogP contribution is -2.06. The third kappa shape index (κ3) is 5.01. The van der Waals surface area contributed by atoms with Crippen molar-refractivity contribution in [2.24, 2.45) is 0 Å². The molecule has 11 aromatic rings. The van der Waals surface area contributed by atoms with Crippen LogP contribution >= 0.6 is 11.3 Å². The van der Waals surface area contributed by atoms with Crippen molar-refractivity contribution in [1.82, 2.24) is 19.5 Å². The molecule has 0 fully saturated rings. The highest BCUT2D eigenvalue weighted by atomic mass is 32.1. The Morgan fingerprint density at radius 2 is 0.926 bits per heavy atom. The van der Waals surface area contributed by atoms with Crippen LogP contribution in [0.5, 0.6) is 0 Å². The van der Waals surface area contributed by atoms with Crippen molar-refractivity contribution in [2.75, 3.05) is 0 Å². The molecule has 11 rings (SSSR count). The van der Waals surface area contributed by atoms with Crippen molar-refractivity contribution in [1.29, 1.82) is 0 Å². The van der Waals surface area contributed by atoms with E-state index in [1.54, 1.807) is 0 Å². The van der Waals surface area contributed by atoms with Gasteiger partial charge in [0, 0.05) is 37.4 Å². The first-order valence-corrected chi connectivity index (χ1v) is 18.9. The van der Waals surface area contributed by atoms with Crippen LogP contribution in [-0.4, -0.2) is 19.5 Å². The Labute approximate surface area is 315 Å². The molecule has 0 atom stereocenters. The van der Waals surface area contributed by atoms with Gasteiger partial charge in [0.05, 0.1) is 15.7 Å². The van der Waals surface area contributed by atoms with Gasteiger partial charge in [-0.2, -0.15) is 9.97 Å². The molecule has 0 spiro atoms. The van der Waals surface area contributed by atoms with Gasteiger partial charge in [0.2, 0.25) is 5.95 Å². The first-order chi connectivity index (χ1) is 26.7. The second-order valence-corrected chi connectivity index (χ2v) is 14.7. The lowest BCUT2D eigenvalue weighted by Gasteiger charge is -2.11. The van der Waals surface area contributed by atoms with Crippen LogP contribution in [0, 0.1) is 0 Å². The summed E-state index contributed by atoms with van der Waals surface area (Å²) in [5, 5.41) is 7.28. The minimum absolute atomic E-state index is 0.594. The molecule has 0 bridgehead atoms. The van der Waals surface area contributed by atoms with E-state index in [9.17, 15) is 0 Å². The maximum Gasteiger partial charge on any atom is 0.238 e. The molecule has 0 radical (unpaired) electrons. The lowest BCUT2D eigenvalue weighted by molar-refractivity contribution is 0.955. The Morgan fingerprint density at radius 3 is 1.65 bits per heavy atom. The molecular weight excluding hydrogens is 677 g/mol. The fourth-order valence-corrected chi connectivity index (χ4v) is 9.02. The third-order valence-electron chi connectivity index (χ3n) is 10.4. The number of benzene rings is 8. The Balaban J connectivity index is 1.21. The molecule has 0 saturated carbocycles. The number of thiophene rings is 1. The summed E-state index contributed by atoms with van der Waals surface area (Å²) in [6.45, 7) is 0. The van der Waals surface area contributed by atoms with E-state index >= 15 is 0 Å². The van der Waals surface area contributed by atoms with E-state index in [0.29, 0.717) is 17.6 Å². The van der Waals surface area contributed by atoms with Crippen LogP contribution in [0.3, 0.4) is 0 Å². The van der Waals surface area contributed by atoms with E-state index in [0.717, 1.165) is 27.5 Å². The predicted octanol–water partition coefficient (Wildman–Crippen LogP) is 13.2. The van der Waals surface area contributed by atoms with Gasteiger partial charge >= 0.3 is 0 Å². The summed E-state index contributed by atoms with van der Waals surface area (Å²) in [7, 11) is 0. The fourth-order valence-electron chi connectivity index (χ4n) is 7.80. The molecule has 0 amide bonds. The van der Waals surface area contributed by atoms with Crippen LogP contribution < -0.4 is 0 Å². The quantitative estimate of drug-likeness (QED) is 0.179. The molecular formula is C49H30N4S. The normalized spacial score (nSPS) is 11.7. The van der Waals surface area contributed by atoms with Crippen molar-refractivity contribution in [2.45, 2.75) is 0 Å². The Bertz CT molecular complexity index is 3140. The molecule has 4 nitrogen and oxygen atoms in total. The zero-order valence-electron chi connectivity index (χ0n) is 29.0. The van der Waals surface area contributed by atoms with Crippen LogP contribution in [0.2, 0.25) is 0 Å². The van der Waals surface area contributed by atoms with E-state index in [-0.39, 0.29) is 0 Å². The second kappa shape index (κ2) is 12.3. The number of aromatic nitrogens is 4. The minimum Gasteiger partial charge on any atom is -0.276 e. The smallest absolute Gasteiger partial charge is 0.238 e. The molecule has 0 unspecified atom stereocenters. The van der Waals surface area contributed by atoms with Gasteiger partial charge in [0.15, 0.2) is 11.6 Å². The Hall–Kier alpha value is -6.95. The number of nitrogens with zero attached hydrogens (tertiary/aromatic N) is 4. The maximum absolute atomic E-state index is 5.24. The molecule has 0 aliphatic heterocycles. The van der Waals surface area contributed by atoms with Crippen LogP contribution in [0.25, 0.3) is 104 Å². The van der Waals surface area contributed by atoms with Crippen molar-refractivity contribution >= 4 is 64.1 Å². The highest BCUT2D eigenvalue weighted by molar-refractivity contribution is 7.26. The van der Waals surface area contributed by atoms with Gasteiger partial charge in [-0.25, -0.2) is 4.98 Å². The molecule has 54 heavy (non-hydrogen) atoms. The molecule has 0 saturated heterocycles. The zero-order valence-corrected chi connectivity index (χ0v) is 29.8. The highest BCUT2D eigenvalue weighted by Gasteiger charge is 2.22.